The molecule has 18 heavy (non-hydrogen) atoms. The number of urea groups is 1. The zero-order valence-corrected chi connectivity index (χ0v) is 11.5. The van der Waals surface area contributed by atoms with Crippen molar-refractivity contribution in [2.24, 2.45) is 0 Å². The van der Waals surface area contributed by atoms with Crippen molar-refractivity contribution in [3.63, 3.8) is 0 Å². The van der Waals surface area contributed by atoms with E-state index >= 15 is 0 Å². The number of piperidine rings is 1. The van der Waals surface area contributed by atoms with E-state index in [0.29, 0.717) is 5.25 Å². The van der Waals surface area contributed by atoms with Gasteiger partial charge in [-0.3, -0.25) is 0 Å². The molecule has 1 atom stereocenters. The van der Waals surface area contributed by atoms with Gasteiger partial charge in [0.15, 0.2) is 6.10 Å². The normalized spacial score (nSPS) is 18.4. The van der Waals surface area contributed by atoms with Crippen LogP contribution in [0.2, 0.25) is 0 Å². The van der Waals surface area contributed by atoms with Gasteiger partial charge in [0.1, 0.15) is 0 Å². The number of nitrogens with one attached hydrogen (secondary N) is 1. The molecule has 1 aliphatic heterocycles. The maximum Gasteiger partial charge on any atom is 0.334 e. The third-order valence-corrected chi connectivity index (χ3v) is 4.20. The average Bonchev–Trinajstić information content (AvgIpc) is 2.39. The summed E-state index contributed by atoms with van der Waals surface area (Å²) in [5, 5.41) is 12.0. The number of rotatable bonds is 5. The van der Waals surface area contributed by atoms with Crippen LogP contribution in [0.5, 0.6) is 0 Å². The second kappa shape index (κ2) is 7.48. The van der Waals surface area contributed by atoms with Gasteiger partial charge in [0.05, 0.1) is 6.54 Å². The van der Waals surface area contributed by atoms with Crippen molar-refractivity contribution >= 4 is 23.8 Å². The largest absolute Gasteiger partial charge is 0.479 e. The molecule has 1 fully saturated rings. The Morgan fingerprint density at radius 2 is 2.11 bits per heavy atom. The number of carbonyl (C=O) groups is 2. The number of methoxy groups -OCH3 is 1. The lowest BCUT2D eigenvalue weighted by Gasteiger charge is -2.31. The SMILES string of the molecule is COC(CNC(=O)N1CCC(SC)CC1)C(=O)O. The van der Waals surface area contributed by atoms with Gasteiger partial charge in [-0.05, 0) is 19.1 Å². The molecular weight excluding hydrogens is 256 g/mol. The third kappa shape index (κ3) is 4.38. The van der Waals surface area contributed by atoms with Crippen LogP contribution in [0.4, 0.5) is 4.79 Å². The van der Waals surface area contributed by atoms with Crippen molar-refractivity contribution in [1.82, 2.24) is 10.2 Å². The van der Waals surface area contributed by atoms with Gasteiger partial charge in [0, 0.05) is 25.4 Å². The quantitative estimate of drug-likeness (QED) is 0.769. The number of hydrogen-bond donors (Lipinski definition) is 2. The summed E-state index contributed by atoms with van der Waals surface area (Å²) in [5.41, 5.74) is 0. The summed E-state index contributed by atoms with van der Waals surface area (Å²) in [6, 6.07) is -0.210. The van der Waals surface area contributed by atoms with Crippen LogP contribution in [0.15, 0.2) is 0 Å². The highest BCUT2D eigenvalue weighted by atomic mass is 32.2. The Kier molecular flexibility index (Phi) is 6.28. The zero-order valence-electron chi connectivity index (χ0n) is 10.7. The highest BCUT2D eigenvalue weighted by Gasteiger charge is 2.23. The summed E-state index contributed by atoms with van der Waals surface area (Å²) in [6.45, 7) is 1.44. The van der Waals surface area contributed by atoms with E-state index in [1.165, 1.54) is 7.11 Å². The van der Waals surface area contributed by atoms with E-state index < -0.39 is 12.1 Å². The second-order valence-corrected chi connectivity index (χ2v) is 5.31. The number of carbonyl (C=O) groups excluding carboxylic acids is 1. The molecule has 0 aromatic carbocycles. The van der Waals surface area contributed by atoms with Crippen LogP contribution >= 0.6 is 11.8 Å². The van der Waals surface area contributed by atoms with Gasteiger partial charge in [-0.15, -0.1) is 0 Å². The molecule has 6 nitrogen and oxygen atoms in total. The fourth-order valence-corrected chi connectivity index (χ4v) is 2.54. The Balaban J connectivity index is 2.31. The zero-order chi connectivity index (χ0) is 13.5. The first-order chi connectivity index (χ1) is 8.58. The van der Waals surface area contributed by atoms with Crippen molar-refractivity contribution < 1.29 is 19.4 Å². The van der Waals surface area contributed by atoms with Crippen LogP contribution < -0.4 is 5.32 Å². The summed E-state index contributed by atoms with van der Waals surface area (Å²) >= 11 is 1.83. The Morgan fingerprint density at radius 1 is 1.50 bits per heavy atom. The number of hydrogen-bond acceptors (Lipinski definition) is 4. The van der Waals surface area contributed by atoms with Gasteiger partial charge in [0.2, 0.25) is 0 Å². The first kappa shape index (κ1) is 15.1. The standard InChI is InChI=1S/C11H20N2O4S/c1-17-9(10(14)15)7-12-11(16)13-5-3-8(18-2)4-6-13/h8-9H,3-7H2,1-2H3,(H,12,16)(H,14,15). The van der Waals surface area contributed by atoms with Gasteiger partial charge >= 0.3 is 12.0 Å². The highest BCUT2D eigenvalue weighted by Crippen LogP contribution is 2.20. The van der Waals surface area contributed by atoms with Gasteiger partial charge in [0.25, 0.3) is 0 Å². The molecule has 1 heterocycles. The van der Waals surface area contributed by atoms with Gasteiger partial charge in [-0.1, -0.05) is 0 Å². The molecule has 1 rings (SSSR count). The Labute approximate surface area is 111 Å². The second-order valence-electron chi connectivity index (χ2n) is 4.17. The predicted octanol–water partition coefficient (Wildman–Crippen LogP) is 0.623. The molecule has 2 N–H and O–H groups in total. The molecular formula is C11H20N2O4S. The van der Waals surface area contributed by atoms with Crippen LogP contribution in [0.1, 0.15) is 12.8 Å². The van der Waals surface area contributed by atoms with Gasteiger partial charge in [-0.2, -0.15) is 11.8 Å². The van der Waals surface area contributed by atoms with E-state index in [2.05, 4.69) is 11.6 Å². The monoisotopic (exact) mass is 276 g/mol. The topological polar surface area (TPSA) is 78.9 Å². The average molecular weight is 276 g/mol. The smallest absolute Gasteiger partial charge is 0.334 e. The predicted molar refractivity (Wildman–Crippen MR) is 69.9 cm³/mol. The van der Waals surface area contributed by atoms with E-state index in [4.69, 9.17) is 9.84 Å². The maximum atomic E-state index is 11.8. The summed E-state index contributed by atoms with van der Waals surface area (Å²) in [4.78, 5) is 24.2. The number of ether oxygens (including phenoxy) is 1. The lowest BCUT2D eigenvalue weighted by molar-refractivity contribution is -0.148. The van der Waals surface area contributed by atoms with Crippen molar-refractivity contribution in [2.45, 2.75) is 24.2 Å². The lowest BCUT2D eigenvalue weighted by atomic mass is 10.1. The lowest BCUT2D eigenvalue weighted by Crippen LogP contribution is -2.48. The fraction of sp³-hybridized carbons (Fsp3) is 0.818. The van der Waals surface area contributed by atoms with Crippen LogP contribution in [0.25, 0.3) is 0 Å². The number of likely N-dealkylation sites (tertiary alicyclic amines) is 1. The van der Waals surface area contributed by atoms with E-state index in [1.54, 1.807) is 4.90 Å². The van der Waals surface area contributed by atoms with Crippen LogP contribution in [0.3, 0.4) is 0 Å². The fourth-order valence-electron chi connectivity index (χ4n) is 1.86. The molecule has 2 amide bonds. The van der Waals surface area contributed by atoms with Gasteiger partial charge < -0.3 is 20.1 Å². The van der Waals surface area contributed by atoms with E-state index in [0.717, 1.165) is 25.9 Å². The molecule has 0 radical (unpaired) electrons. The molecule has 1 saturated heterocycles. The van der Waals surface area contributed by atoms with Crippen molar-refractivity contribution in [1.29, 1.82) is 0 Å². The Hall–Kier alpha value is -0.950. The summed E-state index contributed by atoms with van der Waals surface area (Å²) < 4.78 is 4.75. The minimum Gasteiger partial charge on any atom is -0.479 e. The molecule has 0 bridgehead atoms. The van der Waals surface area contributed by atoms with E-state index in [-0.39, 0.29) is 12.6 Å². The minimum absolute atomic E-state index is 0.00682. The number of amides is 2. The number of carboxylic acids is 1. The molecule has 0 spiro atoms. The third-order valence-electron chi connectivity index (χ3n) is 3.06. The van der Waals surface area contributed by atoms with Gasteiger partial charge in [-0.25, -0.2) is 9.59 Å². The minimum atomic E-state index is -1.07. The molecule has 0 aliphatic carbocycles. The van der Waals surface area contributed by atoms with Crippen LogP contribution in [0, 0.1) is 0 Å². The summed E-state index contributed by atoms with van der Waals surface area (Å²) in [5.74, 6) is -1.07. The van der Waals surface area contributed by atoms with Crippen molar-refractivity contribution in [2.75, 3.05) is 33.0 Å². The molecule has 1 unspecified atom stereocenters. The number of thioether (sulfide) groups is 1. The molecule has 1 aliphatic rings. The van der Waals surface area contributed by atoms with Crippen molar-refractivity contribution in [3.05, 3.63) is 0 Å². The highest BCUT2D eigenvalue weighted by molar-refractivity contribution is 7.99. The summed E-state index contributed by atoms with van der Waals surface area (Å²) in [6.07, 6.45) is 3.07. The van der Waals surface area contributed by atoms with E-state index in [9.17, 15) is 9.59 Å². The number of carboxylic acid groups (broad SMARTS) is 1. The number of aliphatic carboxylic acids is 1. The molecule has 7 heteroatoms. The van der Waals surface area contributed by atoms with E-state index in [1.807, 2.05) is 11.8 Å². The molecule has 0 aromatic heterocycles. The number of nitrogens with zero attached hydrogens (tertiary/aromatic N) is 1. The Morgan fingerprint density at radius 3 is 2.56 bits per heavy atom. The first-order valence-corrected chi connectivity index (χ1v) is 7.18. The summed E-state index contributed by atoms with van der Waals surface area (Å²) in [7, 11) is 1.31. The maximum absolute atomic E-state index is 11.8. The Bertz CT molecular complexity index is 293. The van der Waals surface area contributed by atoms with Crippen LogP contribution in [-0.2, 0) is 9.53 Å². The van der Waals surface area contributed by atoms with Crippen LogP contribution in [-0.4, -0.2) is 66.4 Å². The van der Waals surface area contributed by atoms with Crippen molar-refractivity contribution in [3.8, 4) is 0 Å². The molecule has 104 valence electrons. The first-order valence-electron chi connectivity index (χ1n) is 5.89. The molecule has 0 aromatic rings. The molecule has 0 saturated carbocycles.